The Morgan fingerprint density at radius 3 is 3.00 bits per heavy atom. The average molecular weight is 273 g/mol. The molecule has 0 aliphatic rings. The summed E-state index contributed by atoms with van der Waals surface area (Å²) in [4.78, 5) is 12.1. The van der Waals surface area contributed by atoms with E-state index in [9.17, 15) is 4.79 Å². The number of rotatable bonds is 5. The second kappa shape index (κ2) is 5.25. The quantitative estimate of drug-likeness (QED) is 0.678. The predicted octanol–water partition coefficient (Wildman–Crippen LogP) is -0.493. The Morgan fingerprint density at radius 2 is 2.20 bits per heavy atom. The summed E-state index contributed by atoms with van der Waals surface area (Å²) in [6, 6.07) is 5.47. The van der Waals surface area contributed by atoms with E-state index in [4.69, 9.17) is 0 Å². The third-order valence-corrected chi connectivity index (χ3v) is 2.97. The van der Waals surface area contributed by atoms with Gasteiger partial charge in [0, 0.05) is 18.9 Å². The van der Waals surface area contributed by atoms with Crippen molar-refractivity contribution in [2.45, 2.75) is 19.6 Å². The van der Waals surface area contributed by atoms with Gasteiger partial charge in [-0.25, -0.2) is 9.48 Å². The van der Waals surface area contributed by atoms with Crippen LogP contribution in [0.1, 0.15) is 5.69 Å². The highest BCUT2D eigenvalue weighted by atomic mass is 16.2. The summed E-state index contributed by atoms with van der Waals surface area (Å²) < 4.78 is 4.67. The first-order chi connectivity index (χ1) is 9.78. The summed E-state index contributed by atoms with van der Waals surface area (Å²) in [5, 5.41) is 15.3. The maximum absolute atomic E-state index is 12.1. The van der Waals surface area contributed by atoms with Crippen LogP contribution in [0.4, 0.5) is 0 Å². The molecule has 3 aromatic rings. The molecule has 0 bridgehead atoms. The SMILES string of the molecule is CNCc1cn(CCn2nc3ccccn3c2=O)nn1. The maximum Gasteiger partial charge on any atom is 0.350 e. The lowest BCUT2D eigenvalue weighted by molar-refractivity contribution is 0.480. The van der Waals surface area contributed by atoms with Crippen molar-refractivity contribution in [3.05, 3.63) is 46.8 Å². The molecule has 0 aliphatic carbocycles. The molecule has 8 nitrogen and oxygen atoms in total. The van der Waals surface area contributed by atoms with Crippen molar-refractivity contribution in [3.63, 3.8) is 0 Å². The van der Waals surface area contributed by atoms with Gasteiger partial charge in [-0.05, 0) is 19.2 Å². The monoisotopic (exact) mass is 273 g/mol. The van der Waals surface area contributed by atoms with Gasteiger partial charge in [0.15, 0.2) is 5.65 Å². The summed E-state index contributed by atoms with van der Waals surface area (Å²) >= 11 is 0. The van der Waals surface area contributed by atoms with Gasteiger partial charge >= 0.3 is 5.69 Å². The summed E-state index contributed by atoms with van der Waals surface area (Å²) in [6.07, 6.45) is 3.57. The number of nitrogens with zero attached hydrogens (tertiary/aromatic N) is 6. The van der Waals surface area contributed by atoms with Crippen LogP contribution in [-0.2, 0) is 19.6 Å². The zero-order chi connectivity index (χ0) is 13.9. The van der Waals surface area contributed by atoms with E-state index in [1.165, 1.54) is 9.08 Å². The van der Waals surface area contributed by atoms with E-state index < -0.39 is 0 Å². The second-order valence-corrected chi connectivity index (χ2v) is 4.44. The van der Waals surface area contributed by atoms with E-state index in [1.54, 1.807) is 16.9 Å². The van der Waals surface area contributed by atoms with Gasteiger partial charge in [-0.1, -0.05) is 11.3 Å². The van der Waals surface area contributed by atoms with Crippen LogP contribution >= 0.6 is 0 Å². The molecule has 104 valence electrons. The molecule has 0 unspecified atom stereocenters. The summed E-state index contributed by atoms with van der Waals surface area (Å²) in [6.45, 7) is 1.69. The molecule has 3 heterocycles. The number of fused-ring (bicyclic) bond motifs is 1. The normalized spacial score (nSPS) is 11.2. The van der Waals surface area contributed by atoms with Gasteiger partial charge in [0.05, 0.1) is 18.8 Å². The molecule has 1 N–H and O–H groups in total. The lowest BCUT2D eigenvalue weighted by atomic mass is 10.5. The van der Waals surface area contributed by atoms with Crippen LogP contribution in [0.15, 0.2) is 35.4 Å². The Hall–Kier alpha value is -2.48. The second-order valence-electron chi connectivity index (χ2n) is 4.44. The molecule has 20 heavy (non-hydrogen) atoms. The fraction of sp³-hybridized carbons (Fsp3) is 0.333. The lowest BCUT2D eigenvalue weighted by Gasteiger charge is -1.98. The number of nitrogens with one attached hydrogen (secondary N) is 1. The Kier molecular flexibility index (Phi) is 3.30. The minimum atomic E-state index is -0.142. The van der Waals surface area contributed by atoms with Crippen molar-refractivity contribution in [1.29, 1.82) is 0 Å². The summed E-state index contributed by atoms with van der Waals surface area (Å²) in [5.74, 6) is 0. The number of pyridine rings is 1. The van der Waals surface area contributed by atoms with E-state index in [1.807, 2.05) is 25.4 Å². The minimum absolute atomic E-state index is 0.142. The standard InChI is InChI=1S/C12H15N7O/c1-13-8-10-9-17(16-14-10)6-7-19-12(20)18-5-3-2-4-11(18)15-19/h2-5,9,13H,6-8H2,1H3. The number of aromatic nitrogens is 6. The minimum Gasteiger partial charge on any atom is -0.314 e. The molecule has 0 aromatic carbocycles. The van der Waals surface area contributed by atoms with Gasteiger partial charge in [0.1, 0.15) is 0 Å². The fourth-order valence-electron chi connectivity index (χ4n) is 2.02. The highest BCUT2D eigenvalue weighted by Gasteiger charge is 2.06. The molecule has 0 atom stereocenters. The summed E-state index contributed by atoms with van der Waals surface area (Å²) in [7, 11) is 1.86. The predicted molar refractivity (Wildman–Crippen MR) is 72.2 cm³/mol. The molecular formula is C12H15N7O. The number of hydrogen-bond donors (Lipinski definition) is 1. The molecule has 3 rings (SSSR count). The molecule has 0 saturated carbocycles. The first-order valence-corrected chi connectivity index (χ1v) is 6.36. The van der Waals surface area contributed by atoms with Gasteiger partial charge in [-0.15, -0.1) is 10.2 Å². The van der Waals surface area contributed by atoms with Gasteiger partial charge in [-0.2, -0.15) is 0 Å². The third-order valence-electron chi connectivity index (χ3n) is 2.97. The summed E-state index contributed by atoms with van der Waals surface area (Å²) in [5.41, 5.74) is 1.37. The Morgan fingerprint density at radius 1 is 1.30 bits per heavy atom. The number of hydrogen-bond acceptors (Lipinski definition) is 5. The van der Waals surface area contributed by atoms with Gasteiger partial charge in [0.2, 0.25) is 0 Å². The largest absolute Gasteiger partial charge is 0.350 e. The van der Waals surface area contributed by atoms with Crippen molar-refractivity contribution in [2.75, 3.05) is 7.05 Å². The van der Waals surface area contributed by atoms with Gasteiger partial charge < -0.3 is 5.32 Å². The first kappa shape index (κ1) is 12.5. The van der Waals surface area contributed by atoms with Crippen LogP contribution in [-0.4, -0.2) is 36.2 Å². The van der Waals surface area contributed by atoms with E-state index in [-0.39, 0.29) is 5.69 Å². The number of aryl methyl sites for hydroxylation is 2. The van der Waals surface area contributed by atoms with Crippen LogP contribution < -0.4 is 11.0 Å². The Balaban J connectivity index is 1.76. The highest BCUT2D eigenvalue weighted by molar-refractivity contribution is 5.35. The van der Waals surface area contributed by atoms with Crippen LogP contribution in [0.2, 0.25) is 0 Å². The Labute approximate surface area is 114 Å². The molecule has 0 aliphatic heterocycles. The van der Waals surface area contributed by atoms with Gasteiger partial charge in [0.25, 0.3) is 0 Å². The van der Waals surface area contributed by atoms with Crippen molar-refractivity contribution in [3.8, 4) is 0 Å². The van der Waals surface area contributed by atoms with Crippen LogP contribution in [0.5, 0.6) is 0 Å². The van der Waals surface area contributed by atoms with Crippen molar-refractivity contribution >= 4 is 5.65 Å². The van der Waals surface area contributed by atoms with Crippen LogP contribution in [0, 0.1) is 0 Å². The van der Waals surface area contributed by atoms with E-state index >= 15 is 0 Å². The van der Waals surface area contributed by atoms with Crippen molar-refractivity contribution in [1.82, 2.24) is 34.5 Å². The highest BCUT2D eigenvalue weighted by Crippen LogP contribution is 1.96. The van der Waals surface area contributed by atoms with Crippen molar-refractivity contribution < 1.29 is 0 Å². The van der Waals surface area contributed by atoms with E-state index in [0.717, 1.165) is 5.69 Å². The first-order valence-electron chi connectivity index (χ1n) is 6.36. The average Bonchev–Trinajstić information content (AvgIpc) is 3.03. The molecule has 8 heteroatoms. The molecular weight excluding hydrogens is 258 g/mol. The van der Waals surface area contributed by atoms with E-state index in [0.29, 0.717) is 25.3 Å². The lowest BCUT2D eigenvalue weighted by Crippen LogP contribution is -2.23. The zero-order valence-corrected chi connectivity index (χ0v) is 11.1. The third kappa shape index (κ3) is 2.32. The molecule has 0 spiro atoms. The van der Waals surface area contributed by atoms with Crippen LogP contribution in [0.3, 0.4) is 0 Å². The van der Waals surface area contributed by atoms with Gasteiger partial charge in [-0.3, -0.25) is 9.08 Å². The van der Waals surface area contributed by atoms with E-state index in [2.05, 4.69) is 20.7 Å². The Bertz CT molecular complexity index is 769. The molecule has 3 aromatic heterocycles. The fourth-order valence-corrected chi connectivity index (χ4v) is 2.02. The van der Waals surface area contributed by atoms with Crippen LogP contribution in [0.25, 0.3) is 5.65 Å². The topological polar surface area (TPSA) is 82.0 Å². The molecule has 0 amide bonds. The van der Waals surface area contributed by atoms with Crippen molar-refractivity contribution in [2.24, 2.45) is 0 Å². The zero-order valence-electron chi connectivity index (χ0n) is 11.1. The molecule has 0 fully saturated rings. The molecule has 0 radical (unpaired) electrons. The smallest absolute Gasteiger partial charge is 0.314 e. The maximum atomic E-state index is 12.1. The molecule has 0 saturated heterocycles.